The fourth-order valence-electron chi connectivity index (χ4n) is 1.04. The summed E-state index contributed by atoms with van der Waals surface area (Å²) in [6.07, 6.45) is 1.17. The summed E-state index contributed by atoms with van der Waals surface area (Å²) in [6, 6.07) is -1.75. The first-order chi connectivity index (χ1) is 11.9. The zero-order valence-corrected chi connectivity index (χ0v) is 17.4. The molecule has 1 saturated heterocycles. The van der Waals surface area contributed by atoms with Gasteiger partial charge >= 0.3 is 167 Å². The number of halogens is 2. The number of nitrogens with one attached hydrogen (secondary N) is 4. The molecule has 2 unspecified atom stereocenters. The van der Waals surface area contributed by atoms with E-state index < -0.39 is 31.0 Å². The first-order valence-electron chi connectivity index (χ1n) is 6.14. The Kier molecular flexibility index (Phi) is 11.2. The Morgan fingerprint density at radius 2 is 2.24 bits per heavy atom. The van der Waals surface area contributed by atoms with Crippen LogP contribution < -0.4 is 54.9 Å². The van der Waals surface area contributed by atoms with Crippen molar-refractivity contribution in [2.24, 2.45) is 11.6 Å². The Balaban J connectivity index is 2.71. The minimum atomic E-state index is -1.75. The Labute approximate surface area is 166 Å². The van der Waals surface area contributed by atoms with Crippen LogP contribution in [0.2, 0.25) is 0 Å². The van der Waals surface area contributed by atoms with E-state index in [1.807, 2.05) is 11.3 Å². The predicted molar refractivity (Wildman–Crippen MR) is 79.4 cm³/mol. The van der Waals surface area contributed by atoms with E-state index in [1.54, 1.807) is 6.92 Å². The van der Waals surface area contributed by atoms with Crippen LogP contribution >= 0.6 is 23.0 Å². The molecule has 8 N–H and O–H groups in total. The quantitative estimate of drug-likeness (QED) is 0.0462. The molecule has 1 heterocycles. The number of alkyl halides is 2. The van der Waals surface area contributed by atoms with Gasteiger partial charge in [0.05, 0.1) is 0 Å². The van der Waals surface area contributed by atoms with Crippen LogP contribution in [-0.4, -0.2) is 32.0 Å². The van der Waals surface area contributed by atoms with Gasteiger partial charge in [0.15, 0.2) is 0 Å². The third-order valence-corrected chi connectivity index (χ3v) is 4.79. The number of ether oxygens (including phenoxy) is 1. The van der Waals surface area contributed by atoms with Crippen LogP contribution in [0.15, 0.2) is 12.8 Å². The van der Waals surface area contributed by atoms with Gasteiger partial charge in [0, 0.05) is 0 Å². The Morgan fingerprint density at radius 1 is 1.48 bits per heavy atom. The normalized spacial score (nSPS) is 25.9. The Morgan fingerprint density at radius 3 is 2.84 bits per heavy atom. The van der Waals surface area contributed by atoms with Gasteiger partial charge in [0.25, 0.3) is 0 Å². The number of nitrogens with zero attached hydrogens (tertiary/aromatic N) is 2. The van der Waals surface area contributed by atoms with E-state index in [9.17, 15) is 0 Å². The molecule has 1 aliphatic heterocycles. The summed E-state index contributed by atoms with van der Waals surface area (Å²) in [5.41, 5.74) is 12.3. The molecule has 0 aliphatic carbocycles. The van der Waals surface area contributed by atoms with Crippen LogP contribution in [0, 0.1) is 0 Å². The molecule has 0 amide bonds. The third kappa shape index (κ3) is 8.75. The van der Waals surface area contributed by atoms with E-state index in [-0.39, 0.29) is 4.61 Å². The molecule has 1 fully saturated rings. The molecule has 0 spiro atoms. The molecule has 150 valence electrons. The van der Waals surface area contributed by atoms with Crippen molar-refractivity contribution in [1.82, 2.24) is 32.7 Å². The van der Waals surface area contributed by atoms with Gasteiger partial charge in [-0.1, -0.05) is 0 Å². The zero-order valence-electron chi connectivity index (χ0n) is 13.1. The van der Waals surface area contributed by atoms with Crippen molar-refractivity contribution in [3.05, 3.63) is 12.8 Å². The van der Waals surface area contributed by atoms with Crippen LogP contribution in [0.25, 0.3) is 0 Å². The maximum absolute atomic E-state index is 5.91. The van der Waals surface area contributed by atoms with Crippen molar-refractivity contribution in [1.29, 1.82) is 0 Å². The molecule has 1 aliphatic rings. The van der Waals surface area contributed by atoms with Crippen molar-refractivity contribution >= 4 is 23.0 Å². The van der Waals surface area contributed by atoms with Crippen molar-refractivity contribution in [3.63, 3.8) is 0 Å². The molecule has 16 nitrogen and oxygen atoms in total. The summed E-state index contributed by atoms with van der Waals surface area (Å²) < 4.78 is 9.37. The van der Waals surface area contributed by atoms with Crippen molar-refractivity contribution in [2.45, 2.75) is 16.7 Å². The van der Waals surface area contributed by atoms with Crippen molar-refractivity contribution < 1.29 is 58.5 Å². The van der Waals surface area contributed by atoms with Crippen LogP contribution in [0.5, 0.6) is 0 Å². The van der Waals surface area contributed by atoms with E-state index in [0.29, 0.717) is 5.39 Å². The van der Waals surface area contributed by atoms with E-state index in [0.717, 1.165) is 5.23 Å². The molecular weight excluding hydrogens is 578 g/mol. The summed E-state index contributed by atoms with van der Waals surface area (Å²) in [4.78, 5) is 29.1. The van der Waals surface area contributed by atoms with E-state index in [1.165, 1.54) is 36.3 Å². The number of nitrogens with two attached hydrogens (primary N) is 2. The Hall–Kier alpha value is 0.400. The third-order valence-electron chi connectivity index (χ3n) is 2.11. The van der Waals surface area contributed by atoms with Gasteiger partial charge in [-0.05, 0) is 0 Å². The van der Waals surface area contributed by atoms with Gasteiger partial charge in [-0.3, -0.25) is 0 Å². The van der Waals surface area contributed by atoms with E-state index >= 15 is 0 Å². The first-order valence-corrected chi connectivity index (χ1v) is 9.62. The molecule has 0 bridgehead atoms. The molecule has 1 rings (SSSR count). The number of hydroxylamine groups is 3. The number of rotatable bonds is 10. The summed E-state index contributed by atoms with van der Waals surface area (Å²) in [7, 11) is 1.51. The molecule has 2 atom stereocenters. The summed E-state index contributed by atoms with van der Waals surface area (Å²) in [5.74, 6) is 4.80. The van der Waals surface area contributed by atoms with Crippen LogP contribution in [-0.2, 0) is 37.3 Å². The van der Waals surface area contributed by atoms with E-state index in [2.05, 4.69) is 22.3 Å². The second-order valence-corrected chi connectivity index (χ2v) is 7.78. The number of hydrogen-bond donors (Lipinski definition) is 6. The van der Waals surface area contributed by atoms with Crippen molar-refractivity contribution in [3.8, 4) is 0 Å². The molecule has 0 saturated carbocycles. The van der Waals surface area contributed by atoms with E-state index in [4.69, 9.17) is 44.0 Å². The van der Waals surface area contributed by atoms with Gasteiger partial charge in [0.2, 0.25) is 0 Å². The second-order valence-electron chi connectivity index (χ2n) is 3.85. The topological polar surface area (TPSA) is 180 Å². The standard InChI is InChI=1S/C7H19I2N8O8/c1-4-16-20-7(12-3,13-23-17(21-8)25-15-24-16)18-5-9-6(2,10)19-14-22-11/h4,12-15H,1,5,10-11H2,2-3H3/q-1. The zero-order chi connectivity index (χ0) is 18.8. The summed E-state index contributed by atoms with van der Waals surface area (Å²) in [5, 5.41) is 4.00. The SMILES string of the molecule is C=CN1ONON(OI)ONC(NC)(OC[I-]C(C)(N)ONON)O1. The second kappa shape index (κ2) is 12.0. The fraction of sp³-hybridized carbons (Fsp3) is 0.714. The molecule has 0 radical (unpaired) electrons. The Bertz CT molecular complexity index is 399. The first kappa shape index (κ1) is 23.4. The molecule has 0 aromatic heterocycles. The van der Waals surface area contributed by atoms with Crippen molar-refractivity contribution in [2.75, 3.05) is 11.7 Å². The van der Waals surface area contributed by atoms with Gasteiger partial charge in [-0.25, -0.2) is 0 Å². The average Bonchev–Trinajstić information content (AvgIpc) is 2.69. The average molecular weight is 597 g/mol. The molecule has 18 heteroatoms. The molecular formula is C7H19I2N8O8-. The summed E-state index contributed by atoms with van der Waals surface area (Å²) >= 11 is 0.573. The van der Waals surface area contributed by atoms with Gasteiger partial charge < -0.3 is 0 Å². The fourth-order valence-corrected chi connectivity index (χ4v) is 2.66. The van der Waals surface area contributed by atoms with Crippen LogP contribution in [0.1, 0.15) is 6.92 Å². The van der Waals surface area contributed by atoms with Gasteiger partial charge in [-0.15, -0.1) is 0 Å². The van der Waals surface area contributed by atoms with Crippen LogP contribution in [0.3, 0.4) is 0 Å². The number of hydrogen-bond acceptors (Lipinski definition) is 16. The van der Waals surface area contributed by atoms with Gasteiger partial charge in [0.1, 0.15) is 0 Å². The van der Waals surface area contributed by atoms with Gasteiger partial charge in [-0.2, -0.15) is 0 Å². The minimum absolute atomic E-state index is 0.111. The molecule has 25 heavy (non-hydrogen) atoms. The molecule has 0 aromatic rings. The molecule has 0 aromatic carbocycles. The predicted octanol–water partition coefficient (Wildman–Crippen LogP) is -5.47. The maximum atomic E-state index is 5.91. The van der Waals surface area contributed by atoms with Crippen LogP contribution in [0.4, 0.5) is 0 Å². The summed E-state index contributed by atoms with van der Waals surface area (Å²) in [6.45, 7) is 5.10. The monoisotopic (exact) mass is 597 g/mol.